The van der Waals surface area contributed by atoms with E-state index < -0.39 is 0 Å². The molecule has 1 aliphatic heterocycles. The molecule has 0 spiro atoms. The summed E-state index contributed by atoms with van der Waals surface area (Å²) in [4.78, 5) is 14.7. The van der Waals surface area contributed by atoms with E-state index >= 15 is 0 Å². The van der Waals surface area contributed by atoms with Gasteiger partial charge in [0.25, 0.3) is 5.91 Å². The summed E-state index contributed by atoms with van der Waals surface area (Å²) in [7, 11) is 0. The standard InChI is InChI=1S/C24H31N5O3S/c1-4-18(20-13-16(14-32-20)15(2)3)25-22-23(28-33-27-22)26-19-10-8-9-17(21(19)30)24(31)29-11-6-5-7-12-29/h8-10,13-15,18,30H,4-7,11-12H2,1-3H3,(H,25,27)(H,26,28)/t18-/m1/s1. The maximum absolute atomic E-state index is 12.9. The predicted molar refractivity (Wildman–Crippen MR) is 131 cm³/mol. The van der Waals surface area contributed by atoms with E-state index in [0.717, 1.165) is 61.8 Å². The van der Waals surface area contributed by atoms with Gasteiger partial charge in [-0.1, -0.05) is 26.8 Å². The molecular formula is C24H31N5O3S. The summed E-state index contributed by atoms with van der Waals surface area (Å²) in [6.45, 7) is 7.79. The van der Waals surface area contributed by atoms with Crippen LogP contribution in [0.3, 0.4) is 0 Å². The highest BCUT2D eigenvalue weighted by Crippen LogP contribution is 2.35. The SMILES string of the molecule is CC[C@@H](Nc1nsnc1Nc1cccc(C(=O)N2CCCCC2)c1O)c1cc(C(C)C)co1. The van der Waals surface area contributed by atoms with Gasteiger partial charge in [0.15, 0.2) is 17.4 Å². The van der Waals surface area contributed by atoms with Crippen molar-refractivity contribution >= 4 is 35.0 Å². The Hall–Kier alpha value is -3.07. The lowest BCUT2D eigenvalue weighted by Crippen LogP contribution is -2.35. The lowest BCUT2D eigenvalue weighted by atomic mass is 10.1. The Morgan fingerprint density at radius 1 is 1.21 bits per heavy atom. The largest absolute Gasteiger partial charge is 0.505 e. The Labute approximate surface area is 198 Å². The van der Waals surface area contributed by atoms with Gasteiger partial charge in [-0.3, -0.25) is 4.79 Å². The van der Waals surface area contributed by atoms with Crippen molar-refractivity contribution in [3.05, 3.63) is 47.4 Å². The zero-order valence-corrected chi connectivity index (χ0v) is 20.1. The number of aromatic hydroxyl groups is 1. The van der Waals surface area contributed by atoms with Crippen molar-refractivity contribution in [3.63, 3.8) is 0 Å². The molecule has 1 fully saturated rings. The summed E-state index contributed by atoms with van der Waals surface area (Å²) in [5, 5.41) is 17.4. The number of rotatable bonds is 8. The van der Waals surface area contributed by atoms with Crippen molar-refractivity contribution in [2.75, 3.05) is 23.7 Å². The van der Waals surface area contributed by atoms with E-state index in [4.69, 9.17) is 4.42 Å². The van der Waals surface area contributed by atoms with Crippen molar-refractivity contribution in [1.29, 1.82) is 0 Å². The number of hydrogen-bond donors (Lipinski definition) is 3. The molecule has 1 aliphatic rings. The van der Waals surface area contributed by atoms with Crippen LogP contribution in [0.1, 0.15) is 80.1 Å². The van der Waals surface area contributed by atoms with E-state index in [1.54, 1.807) is 29.4 Å². The number of amides is 1. The van der Waals surface area contributed by atoms with E-state index in [0.29, 0.717) is 28.8 Å². The molecule has 3 heterocycles. The van der Waals surface area contributed by atoms with Gasteiger partial charge >= 0.3 is 0 Å². The average molecular weight is 470 g/mol. The minimum Gasteiger partial charge on any atom is -0.505 e. The van der Waals surface area contributed by atoms with Crippen LogP contribution >= 0.6 is 11.7 Å². The number of benzene rings is 1. The molecule has 176 valence electrons. The van der Waals surface area contributed by atoms with Gasteiger partial charge in [0.05, 0.1) is 35.3 Å². The summed E-state index contributed by atoms with van der Waals surface area (Å²) in [6, 6.07) is 7.15. The first-order chi connectivity index (χ1) is 16.0. The topological polar surface area (TPSA) is 104 Å². The van der Waals surface area contributed by atoms with Crippen LogP contribution in [0.15, 0.2) is 34.9 Å². The van der Waals surface area contributed by atoms with Crippen molar-refractivity contribution < 1.29 is 14.3 Å². The average Bonchev–Trinajstić information content (AvgIpc) is 3.49. The van der Waals surface area contributed by atoms with Crippen LogP contribution in [-0.4, -0.2) is 37.8 Å². The molecule has 1 atom stereocenters. The Bertz CT molecular complexity index is 1090. The van der Waals surface area contributed by atoms with Gasteiger partial charge in [-0.25, -0.2) is 0 Å². The number of carbonyl (C=O) groups excluding carboxylic acids is 1. The summed E-state index contributed by atoms with van der Waals surface area (Å²) < 4.78 is 14.5. The highest BCUT2D eigenvalue weighted by molar-refractivity contribution is 6.99. The van der Waals surface area contributed by atoms with Gasteiger partial charge < -0.3 is 25.1 Å². The van der Waals surface area contributed by atoms with Gasteiger partial charge in [0.2, 0.25) is 0 Å². The second kappa shape index (κ2) is 10.2. The Balaban J connectivity index is 1.51. The fraction of sp³-hybridized carbons (Fsp3) is 0.458. The van der Waals surface area contributed by atoms with E-state index in [9.17, 15) is 9.90 Å². The van der Waals surface area contributed by atoms with E-state index in [-0.39, 0.29) is 17.7 Å². The first-order valence-corrected chi connectivity index (χ1v) is 12.3. The number of aromatic nitrogens is 2. The third-order valence-corrected chi connectivity index (χ3v) is 6.55. The van der Waals surface area contributed by atoms with E-state index in [2.05, 4.69) is 46.2 Å². The van der Waals surface area contributed by atoms with Crippen LogP contribution in [0.4, 0.5) is 17.3 Å². The fourth-order valence-electron chi connectivity index (χ4n) is 3.97. The van der Waals surface area contributed by atoms with Gasteiger partial charge in [-0.05, 0) is 55.4 Å². The second-order valence-corrected chi connectivity index (χ2v) is 9.21. The molecule has 0 radical (unpaired) electrons. The van der Waals surface area contributed by atoms with Crippen LogP contribution in [0.2, 0.25) is 0 Å². The zero-order valence-electron chi connectivity index (χ0n) is 19.3. The second-order valence-electron chi connectivity index (χ2n) is 8.68. The first kappa shape index (κ1) is 23.1. The minimum absolute atomic E-state index is 0.0671. The quantitative estimate of drug-likeness (QED) is 0.353. The van der Waals surface area contributed by atoms with Gasteiger partial charge in [-0.15, -0.1) is 0 Å². The lowest BCUT2D eigenvalue weighted by molar-refractivity contribution is 0.0721. The molecule has 0 unspecified atom stereocenters. The van der Waals surface area contributed by atoms with Crippen molar-refractivity contribution in [3.8, 4) is 5.75 Å². The van der Waals surface area contributed by atoms with Gasteiger partial charge in [-0.2, -0.15) is 8.75 Å². The molecule has 9 heteroatoms. The van der Waals surface area contributed by atoms with E-state index in [1.807, 2.05) is 0 Å². The summed E-state index contributed by atoms with van der Waals surface area (Å²) >= 11 is 1.07. The molecule has 3 N–H and O–H groups in total. The number of nitrogens with zero attached hydrogens (tertiary/aromatic N) is 3. The van der Waals surface area contributed by atoms with Crippen LogP contribution in [0.25, 0.3) is 0 Å². The number of piperidine rings is 1. The minimum atomic E-state index is -0.143. The molecule has 2 aromatic heterocycles. The third-order valence-electron chi connectivity index (χ3n) is 6.02. The van der Waals surface area contributed by atoms with Crippen molar-refractivity contribution in [1.82, 2.24) is 13.6 Å². The van der Waals surface area contributed by atoms with Crippen molar-refractivity contribution in [2.24, 2.45) is 0 Å². The first-order valence-electron chi connectivity index (χ1n) is 11.5. The Morgan fingerprint density at radius 2 is 1.97 bits per heavy atom. The number of para-hydroxylation sites is 1. The molecule has 1 amide bonds. The van der Waals surface area contributed by atoms with Crippen LogP contribution in [0, 0.1) is 0 Å². The van der Waals surface area contributed by atoms with Crippen LogP contribution in [0.5, 0.6) is 5.75 Å². The molecule has 4 rings (SSSR count). The number of hydrogen-bond acceptors (Lipinski definition) is 8. The van der Waals surface area contributed by atoms with Crippen LogP contribution < -0.4 is 10.6 Å². The van der Waals surface area contributed by atoms with Gasteiger partial charge in [0.1, 0.15) is 5.76 Å². The monoisotopic (exact) mass is 469 g/mol. The molecule has 0 saturated carbocycles. The number of phenolic OH excluding ortho intramolecular Hbond substituents is 1. The fourth-order valence-corrected chi connectivity index (χ4v) is 4.45. The highest BCUT2D eigenvalue weighted by atomic mass is 32.1. The number of carbonyl (C=O) groups is 1. The maximum Gasteiger partial charge on any atom is 0.257 e. The van der Waals surface area contributed by atoms with Crippen molar-refractivity contribution in [2.45, 2.75) is 58.4 Å². The molecule has 0 aliphatic carbocycles. The molecule has 0 bridgehead atoms. The normalized spacial score (nSPS) is 15.0. The number of phenols is 1. The smallest absolute Gasteiger partial charge is 0.257 e. The summed E-state index contributed by atoms with van der Waals surface area (Å²) in [5.74, 6) is 2.08. The highest BCUT2D eigenvalue weighted by Gasteiger charge is 2.23. The predicted octanol–water partition coefficient (Wildman–Crippen LogP) is 5.89. The Morgan fingerprint density at radius 3 is 2.67 bits per heavy atom. The van der Waals surface area contributed by atoms with Gasteiger partial charge in [0, 0.05) is 13.1 Å². The zero-order chi connectivity index (χ0) is 23.4. The molecule has 1 aromatic carbocycles. The summed E-state index contributed by atoms with van der Waals surface area (Å²) in [6.07, 6.45) is 5.73. The van der Waals surface area contributed by atoms with E-state index in [1.165, 1.54) is 0 Å². The Kier molecular flexibility index (Phi) is 7.17. The number of anilines is 3. The number of likely N-dealkylation sites (tertiary alicyclic amines) is 1. The molecule has 3 aromatic rings. The number of furan rings is 1. The third kappa shape index (κ3) is 5.13. The molecule has 33 heavy (non-hydrogen) atoms. The summed E-state index contributed by atoms with van der Waals surface area (Å²) in [5.41, 5.74) is 1.87. The van der Waals surface area contributed by atoms with Crippen LogP contribution in [-0.2, 0) is 0 Å². The maximum atomic E-state index is 12.9. The lowest BCUT2D eigenvalue weighted by Gasteiger charge is -2.27. The molecular weight excluding hydrogens is 438 g/mol. The number of nitrogens with one attached hydrogen (secondary N) is 2. The molecule has 1 saturated heterocycles. The molecule has 8 nitrogen and oxygen atoms in total.